The van der Waals surface area contributed by atoms with Crippen LogP contribution in [-0.4, -0.2) is 15.3 Å². The summed E-state index contributed by atoms with van der Waals surface area (Å²) in [4.78, 5) is 18.8. The van der Waals surface area contributed by atoms with Crippen molar-refractivity contribution in [3.05, 3.63) is 58.9 Å². The Kier molecular flexibility index (Phi) is 3.28. The van der Waals surface area contributed by atoms with Crippen molar-refractivity contribution in [1.29, 1.82) is 0 Å². The number of furan rings is 1. The highest BCUT2D eigenvalue weighted by Gasteiger charge is 2.15. The van der Waals surface area contributed by atoms with Crippen LogP contribution >= 0.6 is 22.7 Å². The number of rotatable bonds is 4. The molecule has 0 aliphatic heterocycles. The molecule has 0 atom stereocenters. The molecule has 0 saturated carbocycles. The Labute approximate surface area is 133 Å². The smallest absolute Gasteiger partial charge is 0.269 e. The van der Waals surface area contributed by atoms with E-state index in [0.717, 1.165) is 21.3 Å². The van der Waals surface area contributed by atoms with Crippen LogP contribution in [0.15, 0.2) is 51.9 Å². The van der Waals surface area contributed by atoms with Gasteiger partial charge in [0.05, 0.1) is 17.7 Å². The normalized spacial score (nSPS) is 11.1. The van der Waals surface area contributed by atoms with E-state index in [1.165, 1.54) is 11.3 Å². The van der Waals surface area contributed by atoms with E-state index in [1.54, 1.807) is 23.7 Å². The summed E-state index contributed by atoms with van der Waals surface area (Å²) in [6.07, 6.45) is 3.49. The molecular formula is C15H11N3O2S2. The van der Waals surface area contributed by atoms with Gasteiger partial charge in [-0.1, -0.05) is 6.07 Å². The van der Waals surface area contributed by atoms with Gasteiger partial charge in [0.15, 0.2) is 4.96 Å². The molecule has 4 aromatic rings. The Balaban J connectivity index is 1.60. The minimum atomic E-state index is -0.141. The summed E-state index contributed by atoms with van der Waals surface area (Å²) in [5.74, 6) is 0.586. The van der Waals surface area contributed by atoms with Crippen LogP contribution in [0.25, 0.3) is 15.5 Å². The minimum absolute atomic E-state index is 0.141. The molecule has 4 heterocycles. The molecule has 0 radical (unpaired) electrons. The van der Waals surface area contributed by atoms with Crippen LogP contribution in [-0.2, 0) is 6.54 Å². The Morgan fingerprint density at radius 3 is 3.05 bits per heavy atom. The van der Waals surface area contributed by atoms with E-state index in [0.29, 0.717) is 12.2 Å². The SMILES string of the molecule is O=C(NCc1ccco1)c1csc2nc(-c3cccs3)cn12. The standard InChI is InChI=1S/C15H11N3O2S2/c19-14(16-7-10-3-1-5-20-10)12-9-22-15-17-11(8-18(12)15)13-4-2-6-21-13/h1-6,8-9H,7H2,(H,16,19). The highest BCUT2D eigenvalue weighted by atomic mass is 32.1. The van der Waals surface area contributed by atoms with Gasteiger partial charge in [-0.2, -0.15) is 0 Å². The summed E-state index contributed by atoms with van der Waals surface area (Å²) < 4.78 is 7.04. The quantitative estimate of drug-likeness (QED) is 0.622. The first-order valence-electron chi connectivity index (χ1n) is 6.62. The van der Waals surface area contributed by atoms with Crippen molar-refractivity contribution in [2.24, 2.45) is 0 Å². The first-order valence-corrected chi connectivity index (χ1v) is 8.38. The van der Waals surface area contributed by atoms with Crippen LogP contribution in [0.3, 0.4) is 0 Å². The number of fused-ring (bicyclic) bond motifs is 1. The Bertz CT molecular complexity index is 904. The zero-order chi connectivity index (χ0) is 14.9. The lowest BCUT2D eigenvalue weighted by atomic mass is 10.4. The monoisotopic (exact) mass is 329 g/mol. The van der Waals surface area contributed by atoms with Crippen molar-refractivity contribution >= 4 is 33.5 Å². The second-order valence-electron chi connectivity index (χ2n) is 4.64. The largest absolute Gasteiger partial charge is 0.467 e. The topological polar surface area (TPSA) is 59.5 Å². The maximum atomic E-state index is 12.3. The molecule has 1 amide bonds. The molecule has 0 saturated heterocycles. The molecule has 0 unspecified atom stereocenters. The van der Waals surface area contributed by atoms with E-state index in [-0.39, 0.29) is 5.91 Å². The van der Waals surface area contributed by atoms with Crippen LogP contribution < -0.4 is 5.32 Å². The van der Waals surface area contributed by atoms with Crippen molar-refractivity contribution in [3.63, 3.8) is 0 Å². The van der Waals surface area contributed by atoms with Gasteiger partial charge in [0, 0.05) is 11.6 Å². The number of thiophene rings is 1. The highest BCUT2D eigenvalue weighted by molar-refractivity contribution is 7.15. The number of carbonyl (C=O) groups excluding carboxylic acids is 1. The molecule has 0 spiro atoms. The van der Waals surface area contributed by atoms with Gasteiger partial charge in [-0.25, -0.2) is 4.98 Å². The summed E-state index contributed by atoms with van der Waals surface area (Å²) >= 11 is 3.09. The third-order valence-electron chi connectivity index (χ3n) is 3.22. The number of amides is 1. The molecule has 1 N–H and O–H groups in total. The fraction of sp³-hybridized carbons (Fsp3) is 0.0667. The maximum absolute atomic E-state index is 12.3. The molecule has 22 heavy (non-hydrogen) atoms. The van der Waals surface area contributed by atoms with Gasteiger partial charge in [-0.15, -0.1) is 22.7 Å². The molecule has 4 rings (SSSR count). The predicted octanol–water partition coefficient (Wildman–Crippen LogP) is 3.65. The lowest BCUT2D eigenvalue weighted by Gasteiger charge is -2.01. The lowest BCUT2D eigenvalue weighted by molar-refractivity contribution is 0.0942. The van der Waals surface area contributed by atoms with Crippen molar-refractivity contribution in [3.8, 4) is 10.6 Å². The van der Waals surface area contributed by atoms with Crippen LogP contribution in [0, 0.1) is 0 Å². The van der Waals surface area contributed by atoms with Gasteiger partial charge in [-0.3, -0.25) is 9.20 Å². The number of aromatic nitrogens is 2. The van der Waals surface area contributed by atoms with Crippen LogP contribution in [0.1, 0.15) is 16.2 Å². The molecule has 0 fully saturated rings. The molecule has 4 aromatic heterocycles. The van der Waals surface area contributed by atoms with Gasteiger partial charge in [0.2, 0.25) is 0 Å². The molecule has 0 aromatic carbocycles. The van der Waals surface area contributed by atoms with Gasteiger partial charge in [-0.05, 0) is 23.6 Å². The first kappa shape index (κ1) is 13.3. The van der Waals surface area contributed by atoms with Gasteiger partial charge >= 0.3 is 0 Å². The Hall–Kier alpha value is -2.38. The lowest BCUT2D eigenvalue weighted by Crippen LogP contribution is -2.23. The first-order chi connectivity index (χ1) is 10.8. The average Bonchev–Trinajstić information content (AvgIpc) is 3.27. The third kappa shape index (κ3) is 2.34. The molecule has 0 aliphatic rings. The molecule has 110 valence electrons. The van der Waals surface area contributed by atoms with Crippen LogP contribution in [0.4, 0.5) is 0 Å². The van der Waals surface area contributed by atoms with E-state index >= 15 is 0 Å². The number of hydrogen-bond acceptors (Lipinski definition) is 5. The van der Waals surface area contributed by atoms with E-state index in [4.69, 9.17) is 4.42 Å². The number of hydrogen-bond donors (Lipinski definition) is 1. The summed E-state index contributed by atoms with van der Waals surface area (Å²) in [6.45, 7) is 0.371. The summed E-state index contributed by atoms with van der Waals surface area (Å²) in [5.41, 5.74) is 1.48. The van der Waals surface area contributed by atoms with Gasteiger partial charge in [0.25, 0.3) is 5.91 Å². The van der Waals surface area contributed by atoms with E-state index in [1.807, 2.05) is 39.6 Å². The fourth-order valence-electron chi connectivity index (χ4n) is 2.16. The Morgan fingerprint density at radius 2 is 2.27 bits per heavy atom. The van der Waals surface area contributed by atoms with Crippen molar-refractivity contribution in [1.82, 2.24) is 14.7 Å². The minimum Gasteiger partial charge on any atom is -0.467 e. The molecule has 7 heteroatoms. The van der Waals surface area contributed by atoms with Crippen LogP contribution in [0.2, 0.25) is 0 Å². The van der Waals surface area contributed by atoms with Crippen LogP contribution in [0.5, 0.6) is 0 Å². The summed E-state index contributed by atoms with van der Waals surface area (Å²) in [6, 6.07) is 7.64. The van der Waals surface area contributed by atoms with E-state index < -0.39 is 0 Å². The Morgan fingerprint density at radius 1 is 1.32 bits per heavy atom. The second kappa shape index (κ2) is 5.43. The van der Waals surface area contributed by atoms with Crippen molar-refractivity contribution < 1.29 is 9.21 Å². The van der Waals surface area contributed by atoms with Gasteiger partial charge < -0.3 is 9.73 Å². The third-order valence-corrected chi connectivity index (χ3v) is 4.95. The zero-order valence-electron chi connectivity index (χ0n) is 11.4. The van der Waals surface area contributed by atoms with Crippen molar-refractivity contribution in [2.75, 3.05) is 0 Å². The molecule has 0 aliphatic carbocycles. The van der Waals surface area contributed by atoms with Gasteiger partial charge in [0.1, 0.15) is 17.1 Å². The number of carbonyl (C=O) groups is 1. The number of nitrogens with zero attached hydrogens (tertiary/aromatic N) is 2. The fourth-order valence-corrected chi connectivity index (χ4v) is 3.69. The van der Waals surface area contributed by atoms with Crippen molar-refractivity contribution in [2.45, 2.75) is 6.54 Å². The maximum Gasteiger partial charge on any atom is 0.269 e. The average molecular weight is 329 g/mol. The zero-order valence-corrected chi connectivity index (χ0v) is 13.0. The highest BCUT2D eigenvalue weighted by Crippen LogP contribution is 2.26. The molecular weight excluding hydrogens is 318 g/mol. The number of thiazole rings is 1. The molecule has 5 nitrogen and oxygen atoms in total. The van der Waals surface area contributed by atoms with E-state index in [9.17, 15) is 4.79 Å². The number of imidazole rings is 1. The predicted molar refractivity (Wildman–Crippen MR) is 86.3 cm³/mol. The summed E-state index contributed by atoms with van der Waals surface area (Å²) in [5, 5.41) is 6.68. The molecule has 0 bridgehead atoms. The second-order valence-corrected chi connectivity index (χ2v) is 6.42. The number of nitrogens with one attached hydrogen (secondary N) is 1. The van der Waals surface area contributed by atoms with E-state index in [2.05, 4.69) is 10.3 Å². The summed E-state index contributed by atoms with van der Waals surface area (Å²) in [7, 11) is 0.